The van der Waals surface area contributed by atoms with E-state index in [2.05, 4.69) is 35.7 Å². The van der Waals surface area contributed by atoms with Crippen molar-refractivity contribution in [2.75, 3.05) is 6.61 Å². The number of halogens is 7. The Bertz CT molecular complexity index is 1660. The molecule has 0 saturated heterocycles. The first kappa shape index (κ1) is 28.0. The zero-order valence-electron chi connectivity index (χ0n) is 20.2. The quantitative estimate of drug-likeness (QED) is 0.134. The van der Waals surface area contributed by atoms with Crippen LogP contribution in [-0.2, 0) is 4.74 Å². The Hall–Kier alpha value is -4.58. The van der Waals surface area contributed by atoms with Gasteiger partial charge in [0.25, 0.3) is 5.95 Å². The molecular weight excluding hydrogens is 586 g/mol. The Morgan fingerprint density at radius 1 is 1.05 bits per heavy atom. The second kappa shape index (κ2) is 11.5. The van der Waals surface area contributed by atoms with Gasteiger partial charge in [0, 0.05) is 24.2 Å². The first-order valence-corrected chi connectivity index (χ1v) is 11.8. The van der Waals surface area contributed by atoms with E-state index in [-0.39, 0.29) is 44.2 Å². The third-order valence-electron chi connectivity index (χ3n) is 5.91. The van der Waals surface area contributed by atoms with Crippen LogP contribution < -0.4 is 4.73 Å². The molecule has 0 radical (unpaired) electrons. The van der Waals surface area contributed by atoms with Crippen LogP contribution in [0.15, 0.2) is 49.2 Å². The minimum atomic E-state index is -3.22. The Labute approximate surface area is 229 Å². The van der Waals surface area contributed by atoms with Crippen molar-refractivity contribution in [2.24, 2.45) is 0 Å². The van der Waals surface area contributed by atoms with Crippen LogP contribution >= 0.6 is 11.6 Å². The fourth-order valence-corrected chi connectivity index (χ4v) is 4.31. The topological polar surface area (TPSA) is 128 Å². The number of rotatable bonds is 10. The van der Waals surface area contributed by atoms with Gasteiger partial charge >= 0.3 is 13.2 Å². The molecule has 12 nitrogen and oxygen atoms in total. The van der Waals surface area contributed by atoms with Gasteiger partial charge in [0.15, 0.2) is 12.0 Å². The van der Waals surface area contributed by atoms with Gasteiger partial charge in [-0.05, 0) is 28.6 Å². The zero-order chi connectivity index (χ0) is 29.3. The summed E-state index contributed by atoms with van der Waals surface area (Å²) in [6.07, 6.45) is 4.11. The number of hydrogen-bond donors (Lipinski definition) is 0. The fraction of sp³-hybridized carbons (Fsp3) is 0.227. The SMILES string of the molecule is [O-][n+]1cc(-c2c(-n3cnnn3)ccc(Cl)c2F)ccc1[C@@H](CCOC(F)F)n1cc(-c2c(F)nnn2C(F)F)cn1. The molecule has 214 valence electrons. The molecule has 0 aliphatic rings. The van der Waals surface area contributed by atoms with Crippen molar-refractivity contribution in [2.45, 2.75) is 25.6 Å². The van der Waals surface area contributed by atoms with E-state index in [1.807, 2.05) is 0 Å². The standard InChI is InChI=1S/C22H15ClF6N10O2/c23-13-2-4-16(37-10-30-33-35-37)17(18(13)24)11-1-3-15(38(40)9-11)14(5-6-41-22(28)29)36-8-12(7-31-36)19-20(25)32-34-39(19)21(26)27/h1-4,7-10,14,21-22H,5-6H2/t14-/m1/s1. The van der Waals surface area contributed by atoms with E-state index in [9.17, 15) is 27.2 Å². The first-order chi connectivity index (χ1) is 19.7. The number of pyridine rings is 1. The summed E-state index contributed by atoms with van der Waals surface area (Å²) >= 11 is 5.98. The smallest absolute Gasteiger partial charge is 0.345 e. The molecule has 0 fully saturated rings. The summed E-state index contributed by atoms with van der Waals surface area (Å²) in [6, 6.07) is 4.26. The molecule has 0 aliphatic carbocycles. The molecule has 4 aromatic heterocycles. The summed E-state index contributed by atoms with van der Waals surface area (Å²) in [4.78, 5) is 0. The third kappa shape index (κ3) is 5.55. The lowest BCUT2D eigenvalue weighted by Crippen LogP contribution is -2.36. The van der Waals surface area contributed by atoms with Crippen molar-refractivity contribution in [1.82, 2.24) is 45.0 Å². The van der Waals surface area contributed by atoms with Gasteiger partial charge in [-0.2, -0.15) is 41.1 Å². The predicted molar refractivity (Wildman–Crippen MR) is 126 cm³/mol. The van der Waals surface area contributed by atoms with Crippen molar-refractivity contribution in [1.29, 1.82) is 0 Å². The monoisotopic (exact) mass is 600 g/mol. The number of alkyl halides is 4. The second-order valence-corrected chi connectivity index (χ2v) is 8.68. The minimum absolute atomic E-state index is 0.0376. The highest BCUT2D eigenvalue weighted by Crippen LogP contribution is 2.34. The average Bonchev–Trinajstić information content (AvgIpc) is 3.69. The van der Waals surface area contributed by atoms with Crippen LogP contribution in [0.25, 0.3) is 28.1 Å². The first-order valence-electron chi connectivity index (χ1n) is 11.4. The van der Waals surface area contributed by atoms with Crippen LogP contribution in [0, 0.1) is 17.0 Å². The summed E-state index contributed by atoms with van der Waals surface area (Å²) < 4.78 is 88.2. The van der Waals surface area contributed by atoms with Crippen LogP contribution in [0.5, 0.6) is 0 Å². The molecule has 0 bridgehead atoms. The fourth-order valence-electron chi connectivity index (χ4n) is 4.15. The molecule has 0 aliphatic heterocycles. The second-order valence-electron chi connectivity index (χ2n) is 8.27. The number of hydrogen-bond acceptors (Lipinski definition) is 8. The zero-order valence-corrected chi connectivity index (χ0v) is 21.0. The van der Waals surface area contributed by atoms with Gasteiger partial charge in [0.2, 0.25) is 5.69 Å². The lowest BCUT2D eigenvalue weighted by atomic mass is 10.0. The van der Waals surface area contributed by atoms with E-state index in [0.717, 1.165) is 28.0 Å². The molecule has 0 N–H and O–H groups in total. The van der Waals surface area contributed by atoms with Gasteiger partial charge in [-0.25, -0.2) is 4.39 Å². The molecule has 19 heteroatoms. The van der Waals surface area contributed by atoms with Crippen LogP contribution in [-0.4, -0.2) is 58.2 Å². The van der Waals surface area contributed by atoms with E-state index < -0.39 is 43.3 Å². The summed E-state index contributed by atoms with van der Waals surface area (Å²) in [5.74, 6) is -2.16. The maximum absolute atomic E-state index is 15.2. The van der Waals surface area contributed by atoms with Crippen molar-refractivity contribution in [3.05, 3.63) is 76.9 Å². The van der Waals surface area contributed by atoms with E-state index in [4.69, 9.17) is 11.6 Å². The highest BCUT2D eigenvalue weighted by atomic mass is 35.5. The van der Waals surface area contributed by atoms with Crippen molar-refractivity contribution >= 4 is 11.6 Å². The third-order valence-corrected chi connectivity index (χ3v) is 6.20. The number of aromatic nitrogens is 10. The highest BCUT2D eigenvalue weighted by molar-refractivity contribution is 6.31. The molecular formula is C22H15ClF6N10O2. The highest BCUT2D eigenvalue weighted by Gasteiger charge is 2.28. The van der Waals surface area contributed by atoms with Crippen molar-refractivity contribution in [3.8, 4) is 28.1 Å². The van der Waals surface area contributed by atoms with Crippen LogP contribution in [0.1, 0.15) is 24.7 Å². The summed E-state index contributed by atoms with van der Waals surface area (Å²) in [5.41, 5.74) is -0.808. The molecule has 0 saturated carbocycles. The van der Waals surface area contributed by atoms with E-state index >= 15 is 4.39 Å². The Morgan fingerprint density at radius 2 is 1.85 bits per heavy atom. The molecule has 0 unspecified atom stereocenters. The Balaban J connectivity index is 1.56. The number of benzene rings is 1. The molecule has 5 rings (SSSR count). The summed E-state index contributed by atoms with van der Waals surface area (Å²) in [7, 11) is 0. The minimum Gasteiger partial charge on any atom is -0.618 e. The molecule has 1 aromatic carbocycles. The maximum atomic E-state index is 15.2. The van der Waals surface area contributed by atoms with Gasteiger partial charge in [0.05, 0.1) is 34.6 Å². The van der Waals surface area contributed by atoms with Crippen molar-refractivity contribution in [3.63, 3.8) is 0 Å². The van der Waals surface area contributed by atoms with Gasteiger partial charge in [-0.3, -0.25) is 4.68 Å². The van der Waals surface area contributed by atoms with Crippen molar-refractivity contribution < 1.29 is 35.8 Å². The van der Waals surface area contributed by atoms with Gasteiger partial charge in [0.1, 0.15) is 18.1 Å². The van der Waals surface area contributed by atoms with Gasteiger partial charge < -0.3 is 9.94 Å². The number of nitrogens with zero attached hydrogens (tertiary/aromatic N) is 10. The maximum Gasteiger partial charge on any atom is 0.345 e. The van der Waals surface area contributed by atoms with E-state index in [1.54, 1.807) is 0 Å². The summed E-state index contributed by atoms with van der Waals surface area (Å²) in [5, 5.41) is 33.9. The molecule has 41 heavy (non-hydrogen) atoms. The van der Waals surface area contributed by atoms with Gasteiger partial charge in [-0.15, -0.1) is 5.10 Å². The lowest BCUT2D eigenvalue weighted by Gasteiger charge is -2.18. The average molecular weight is 601 g/mol. The number of tetrazole rings is 1. The molecule has 0 spiro atoms. The largest absolute Gasteiger partial charge is 0.618 e. The van der Waals surface area contributed by atoms with E-state index in [1.165, 1.54) is 30.6 Å². The molecule has 1 atom stereocenters. The van der Waals surface area contributed by atoms with Crippen LogP contribution in [0.4, 0.5) is 26.3 Å². The normalized spacial score (nSPS) is 12.5. The summed E-state index contributed by atoms with van der Waals surface area (Å²) in [6.45, 7) is -6.88. The van der Waals surface area contributed by atoms with Gasteiger partial charge in [-0.1, -0.05) is 21.9 Å². The molecule has 4 heterocycles. The number of ether oxygens (including phenoxy) is 1. The van der Waals surface area contributed by atoms with E-state index in [0.29, 0.717) is 4.73 Å². The van der Waals surface area contributed by atoms with Crippen LogP contribution in [0.2, 0.25) is 5.02 Å². The van der Waals surface area contributed by atoms with Crippen LogP contribution in [0.3, 0.4) is 0 Å². The Morgan fingerprint density at radius 3 is 2.54 bits per heavy atom. The molecule has 5 aromatic rings. The molecule has 0 amide bonds. The lowest BCUT2D eigenvalue weighted by molar-refractivity contribution is -0.615. The predicted octanol–water partition coefficient (Wildman–Crippen LogP) is 3.96. The Kier molecular flexibility index (Phi) is 7.84.